The molecule has 6 heteroatoms. The number of esters is 1. The van der Waals surface area contributed by atoms with Gasteiger partial charge in [-0.2, -0.15) is 0 Å². The molecule has 0 saturated carbocycles. The number of aryl methyl sites for hydroxylation is 2. The molecule has 0 bridgehead atoms. The summed E-state index contributed by atoms with van der Waals surface area (Å²) in [5.74, 6) is -0.422. The van der Waals surface area contributed by atoms with Crippen LogP contribution in [0.15, 0.2) is 42.5 Å². The number of benzene rings is 2. The number of methoxy groups -OCH3 is 1. The van der Waals surface area contributed by atoms with Crippen molar-refractivity contribution in [2.45, 2.75) is 52.4 Å². The average molecular weight is 425 g/mol. The Balaban J connectivity index is 1.90. The molecule has 0 spiro atoms. The Bertz CT molecular complexity index is 941. The zero-order valence-electron chi connectivity index (χ0n) is 19.0. The molecule has 31 heavy (non-hydrogen) atoms. The molecule has 2 aromatic rings. The Morgan fingerprint density at radius 1 is 1.16 bits per heavy atom. The van der Waals surface area contributed by atoms with Crippen LogP contribution in [0.4, 0.5) is 0 Å². The SMILES string of the molecule is COC(=O)[C@@H](N[C@@H]1c2ccccc2C(=O)N1CCCOC(C)C)c1ccc(C)cc1C. The van der Waals surface area contributed by atoms with E-state index in [1.807, 2.05) is 70.2 Å². The van der Waals surface area contributed by atoms with E-state index in [4.69, 9.17) is 9.47 Å². The highest BCUT2D eigenvalue weighted by Gasteiger charge is 2.39. The number of hydrogen-bond acceptors (Lipinski definition) is 5. The Morgan fingerprint density at radius 3 is 2.58 bits per heavy atom. The summed E-state index contributed by atoms with van der Waals surface area (Å²) in [5.41, 5.74) is 4.50. The van der Waals surface area contributed by atoms with Crippen LogP contribution in [0.5, 0.6) is 0 Å². The number of nitrogens with zero attached hydrogens (tertiary/aromatic N) is 1. The number of carbonyl (C=O) groups excluding carboxylic acids is 2. The first-order valence-electron chi connectivity index (χ1n) is 10.8. The lowest BCUT2D eigenvalue weighted by Gasteiger charge is -2.30. The van der Waals surface area contributed by atoms with E-state index in [0.29, 0.717) is 25.1 Å². The van der Waals surface area contributed by atoms with Gasteiger partial charge in [0.15, 0.2) is 0 Å². The lowest BCUT2D eigenvalue weighted by Crippen LogP contribution is -2.42. The maximum Gasteiger partial charge on any atom is 0.327 e. The molecule has 2 atom stereocenters. The third kappa shape index (κ3) is 5.14. The van der Waals surface area contributed by atoms with Gasteiger partial charge in [0.05, 0.1) is 13.2 Å². The minimum Gasteiger partial charge on any atom is -0.468 e. The molecule has 2 aromatic carbocycles. The fourth-order valence-corrected chi connectivity index (χ4v) is 4.04. The summed E-state index contributed by atoms with van der Waals surface area (Å²) in [6, 6.07) is 12.8. The molecule has 0 aromatic heterocycles. The zero-order chi connectivity index (χ0) is 22.5. The Labute approximate surface area is 184 Å². The number of hydrogen-bond donors (Lipinski definition) is 1. The van der Waals surface area contributed by atoms with Gasteiger partial charge in [-0.1, -0.05) is 42.0 Å². The fraction of sp³-hybridized carbons (Fsp3) is 0.440. The van der Waals surface area contributed by atoms with Crippen molar-refractivity contribution in [2.75, 3.05) is 20.3 Å². The van der Waals surface area contributed by atoms with Crippen LogP contribution in [0.2, 0.25) is 0 Å². The van der Waals surface area contributed by atoms with Gasteiger partial charge >= 0.3 is 5.97 Å². The lowest BCUT2D eigenvalue weighted by molar-refractivity contribution is -0.144. The van der Waals surface area contributed by atoms with Crippen molar-refractivity contribution in [3.8, 4) is 0 Å². The summed E-state index contributed by atoms with van der Waals surface area (Å²) < 4.78 is 10.8. The minimum absolute atomic E-state index is 0.0399. The Morgan fingerprint density at radius 2 is 1.90 bits per heavy atom. The van der Waals surface area contributed by atoms with Crippen molar-refractivity contribution in [1.29, 1.82) is 0 Å². The Hall–Kier alpha value is -2.70. The van der Waals surface area contributed by atoms with E-state index in [9.17, 15) is 9.59 Å². The number of ether oxygens (including phenoxy) is 2. The van der Waals surface area contributed by atoms with Crippen molar-refractivity contribution in [2.24, 2.45) is 0 Å². The predicted octanol–water partition coefficient (Wildman–Crippen LogP) is 4.08. The topological polar surface area (TPSA) is 67.9 Å². The highest BCUT2D eigenvalue weighted by molar-refractivity contribution is 5.99. The van der Waals surface area contributed by atoms with E-state index >= 15 is 0 Å². The van der Waals surface area contributed by atoms with Crippen molar-refractivity contribution in [1.82, 2.24) is 10.2 Å². The number of amides is 1. The van der Waals surface area contributed by atoms with Crippen LogP contribution < -0.4 is 5.32 Å². The third-order valence-corrected chi connectivity index (χ3v) is 5.55. The first-order valence-corrected chi connectivity index (χ1v) is 10.8. The monoisotopic (exact) mass is 424 g/mol. The molecule has 0 radical (unpaired) electrons. The molecule has 3 rings (SSSR count). The van der Waals surface area contributed by atoms with E-state index in [2.05, 4.69) is 5.32 Å². The van der Waals surface area contributed by atoms with E-state index in [0.717, 1.165) is 22.3 Å². The van der Waals surface area contributed by atoms with E-state index in [1.165, 1.54) is 7.11 Å². The molecule has 0 unspecified atom stereocenters. The number of carbonyl (C=O) groups is 2. The first-order chi connectivity index (χ1) is 14.8. The van der Waals surface area contributed by atoms with Crippen molar-refractivity contribution < 1.29 is 19.1 Å². The second-order valence-corrected chi connectivity index (χ2v) is 8.24. The van der Waals surface area contributed by atoms with Gasteiger partial charge in [0.25, 0.3) is 5.91 Å². The summed E-state index contributed by atoms with van der Waals surface area (Å²) in [6.07, 6.45) is 0.434. The summed E-state index contributed by atoms with van der Waals surface area (Å²) in [5, 5.41) is 3.42. The molecule has 0 saturated heterocycles. The highest BCUT2D eigenvalue weighted by Crippen LogP contribution is 2.34. The smallest absolute Gasteiger partial charge is 0.327 e. The van der Waals surface area contributed by atoms with Crippen molar-refractivity contribution in [3.05, 3.63) is 70.3 Å². The van der Waals surface area contributed by atoms with Crippen molar-refractivity contribution in [3.63, 3.8) is 0 Å². The maximum atomic E-state index is 13.1. The molecule has 6 nitrogen and oxygen atoms in total. The number of nitrogens with one attached hydrogen (secondary N) is 1. The molecule has 1 heterocycles. The van der Waals surface area contributed by atoms with Gasteiger partial charge < -0.3 is 14.4 Å². The molecular weight excluding hydrogens is 392 g/mol. The standard InChI is InChI=1S/C25H32N2O4/c1-16(2)31-14-8-13-27-23(20-9-6-7-10-21(20)24(27)28)26-22(25(29)30-5)19-12-11-17(3)15-18(19)4/h6-7,9-12,15-16,22-23,26H,8,13-14H2,1-5H3/t22-,23-/m0/s1. The van der Waals surface area contributed by atoms with Gasteiger partial charge in [0.1, 0.15) is 12.2 Å². The lowest BCUT2D eigenvalue weighted by atomic mass is 9.98. The maximum absolute atomic E-state index is 13.1. The van der Waals surface area contributed by atoms with Crippen LogP contribution >= 0.6 is 0 Å². The number of rotatable bonds is 9. The molecule has 1 aliphatic heterocycles. The normalized spacial score (nSPS) is 16.5. The van der Waals surface area contributed by atoms with Gasteiger partial charge in [-0.3, -0.25) is 10.1 Å². The molecular formula is C25H32N2O4. The van der Waals surface area contributed by atoms with Gasteiger partial charge in [0, 0.05) is 24.3 Å². The quantitative estimate of drug-likeness (QED) is 0.485. The summed E-state index contributed by atoms with van der Waals surface area (Å²) >= 11 is 0. The molecule has 1 N–H and O–H groups in total. The average Bonchev–Trinajstić information content (AvgIpc) is 3.00. The van der Waals surface area contributed by atoms with E-state index < -0.39 is 12.2 Å². The first kappa shape index (κ1) is 23.0. The summed E-state index contributed by atoms with van der Waals surface area (Å²) in [4.78, 5) is 27.7. The second-order valence-electron chi connectivity index (χ2n) is 8.24. The highest BCUT2D eigenvalue weighted by atomic mass is 16.5. The molecule has 1 amide bonds. The molecule has 0 fully saturated rings. The van der Waals surface area contributed by atoms with Crippen LogP contribution in [0.25, 0.3) is 0 Å². The molecule has 0 aliphatic carbocycles. The van der Waals surface area contributed by atoms with Gasteiger partial charge in [-0.15, -0.1) is 0 Å². The van der Waals surface area contributed by atoms with Crippen LogP contribution in [-0.2, 0) is 14.3 Å². The fourth-order valence-electron chi connectivity index (χ4n) is 4.04. The van der Waals surface area contributed by atoms with Crippen molar-refractivity contribution >= 4 is 11.9 Å². The molecule has 1 aliphatic rings. The largest absolute Gasteiger partial charge is 0.468 e. The predicted molar refractivity (Wildman–Crippen MR) is 120 cm³/mol. The van der Waals surface area contributed by atoms with Crippen LogP contribution in [-0.4, -0.2) is 43.1 Å². The summed E-state index contributed by atoms with van der Waals surface area (Å²) in [7, 11) is 1.38. The van der Waals surface area contributed by atoms with Crippen LogP contribution in [0.3, 0.4) is 0 Å². The van der Waals surface area contributed by atoms with Crippen LogP contribution in [0, 0.1) is 13.8 Å². The molecule has 166 valence electrons. The van der Waals surface area contributed by atoms with Gasteiger partial charge in [-0.05, 0) is 51.3 Å². The zero-order valence-corrected chi connectivity index (χ0v) is 19.0. The second kappa shape index (κ2) is 10.1. The Kier molecular flexibility index (Phi) is 7.46. The number of fused-ring (bicyclic) bond motifs is 1. The van der Waals surface area contributed by atoms with Gasteiger partial charge in [0.2, 0.25) is 0 Å². The van der Waals surface area contributed by atoms with Gasteiger partial charge in [-0.25, -0.2) is 4.79 Å². The third-order valence-electron chi connectivity index (χ3n) is 5.55. The minimum atomic E-state index is -0.691. The van der Waals surface area contributed by atoms with E-state index in [-0.39, 0.29) is 18.0 Å². The van der Waals surface area contributed by atoms with E-state index in [1.54, 1.807) is 4.90 Å². The van der Waals surface area contributed by atoms with Crippen LogP contribution in [0.1, 0.15) is 65.1 Å². The summed E-state index contributed by atoms with van der Waals surface area (Å²) in [6.45, 7) is 9.08.